The van der Waals surface area contributed by atoms with Gasteiger partial charge in [0.1, 0.15) is 17.7 Å². The molecule has 1 aliphatic heterocycles. The van der Waals surface area contributed by atoms with Crippen LogP contribution in [-0.2, 0) is 6.54 Å². The van der Waals surface area contributed by atoms with Crippen molar-refractivity contribution in [2.24, 2.45) is 0 Å². The summed E-state index contributed by atoms with van der Waals surface area (Å²) in [6.07, 6.45) is -0.100. The number of anilines is 1. The van der Waals surface area contributed by atoms with E-state index >= 15 is 0 Å². The second-order valence-electron chi connectivity index (χ2n) is 7.85. The van der Waals surface area contributed by atoms with Gasteiger partial charge in [0.15, 0.2) is 0 Å². The summed E-state index contributed by atoms with van der Waals surface area (Å²) in [6, 6.07) is 24.8. The predicted molar refractivity (Wildman–Crippen MR) is 127 cm³/mol. The van der Waals surface area contributed by atoms with E-state index in [0.717, 1.165) is 55.3 Å². The van der Waals surface area contributed by atoms with Gasteiger partial charge < -0.3 is 10.1 Å². The van der Waals surface area contributed by atoms with Crippen LogP contribution < -0.4 is 10.1 Å². The molecule has 0 aliphatic carbocycles. The third-order valence-corrected chi connectivity index (χ3v) is 5.61. The normalized spacial score (nSPS) is 15.4. The van der Waals surface area contributed by atoms with E-state index in [1.165, 1.54) is 12.1 Å². The highest BCUT2D eigenvalue weighted by molar-refractivity contribution is 5.49. The van der Waals surface area contributed by atoms with Crippen LogP contribution in [0.15, 0.2) is 78.9 Å². The van der Waals surface area contributed by atoms with Gasteiger partial charge in [0.05, 0.1) is 7.11 Å². The average molecular weight is 430 g/mol. The molecular formula is C27H28FN3O. The molecule has 1 fully saturated rings. The summed E-state index contributed by atoms with van der Waals surface area (Å²) in [5.74, 6) is 7.38. The summed E-state index contributed by atoms with van der Waals surface area (Å²) < 4.78 is 18.4. The molecule has 3 aromatic carbocycles. The number of piperazine rings is 1. The molecule has 1 heterocycles. The van der Waals surface area contributed by atoms with Crippen LogP contribution >= 0.6 is 0 Å². The molecule has 1 N–H and O–H groups in total. The van der Waals surface area contributed by atoms with Crippen LogP contribution in [0.2, 0.25) is 0 Å². The fourth-order valence-electron chi connectivity index (χ4n) is 3.76. The van der Waals surface area contributed by atoms with Crippen molar-refractivity contribution in [3.63, 3.8) is 0 Å². The van der Waals surface area contributed by atoms with Crippen molar-refractivity contribution in [3.05, 3.63) is 95.8 Å². The van der Waals surface area contributed by atoms with Crippen molar-refractivity contribution in [2.45, 2.75) is 12.7 Å². The lowest BCUT2D eigenvalue weighted by atomic mass is 10.2. The zero-order valence-corrected chi connectivity index (χ0v) is 18.3. The van der Waals surface area contributed by atoms with Crippen LogP contribution in [-0.4, -0.2) is 49.3 Å². The smallest absolute Gasteiger partial charge is 0.144 e. The van der Waals surface area contributed by atoms with Gasteiger partial charge in [-0.2, -0.15) is 0 Å². The largest absolute Gasteiger partial charge is 0.497 e. The Morgan fingerprint density at radius 3 is 2.25 bits per heavy atom. The standard InChI is InChI=1S/C27H28FN3O/c1-32-26-14-12-25(13-15-26)29-27(16-9-22-5-3-2-4-6-22)31-19-17-30(18-20-31)21-23-7-10-24(28)11-8-23/h2-8,10-15,27,29H,17-21H2,1H3. The van der Waals surface area contributed by atoms with Gasteiger partial charge in [-0.15, -0.1) is 0 Å². The maximum absolute atomic E-state index is 13.2. The van der Waals surface area contributed by atoms with E-state index in [2.05, 4.69) is 27.0 Å². The molecule has 1 unspecified atom stereocenters. The number of hydrogen-bond donors (Lipinski definition) is 1. The molecule has 3 aromatic rings. The molecule has 0 bridgehead atoms. The maximum atomic E-state index is 13.2. The zero-order chi connectivity index (χ0) is 22.2. The van der Waals surface area contributed by atoms with Crippen molar-refractivity contribution in [1.82, 2.24) is 9.80 Å². The minimum atomic E-state index is -0.192. The Morgan fingerprint density at radius 1 is 0.906 bits per heavy atom. The molecule has 0 saturated carbocycles. The van der Waals surface area contributed by atoms with Crippen LogP contribution in [0.25, 0.3) is 0 Å². The molecule has 5 heteroatoms. The van der Waals surface area contributed by atoms with Crippen molar-refractivity contribution in [3.8, 4) is 17.6 Å². The summed E-state index contributed by atoms with van der Waals surface area (Å²) >= 11 is 0. The Morgan fingerprint density at radius 2 is 1.59 bits per heavy atom. The van der Waals surface area contributed by atoms with Gasteiger partial charge in [-0.3, -0.25) is 9.80 Å². The van der Waals surface area contributed by atoms with E-state index in [9.17, 15) is 4.39 Å². The SMILES string of the molecule is COc1ccc(NC(C#Cc2ccccc2)N2CCN(Cc3ccc(F)cc3)CC2)cc1. The van der Waals surface area contributed by atoms with Crippen molar-refractivity contribution in [1.29, 1.82) is 0 Å². The predicted octanol–water partition coefficient (Wildman–Crippen LogP) is 4.44. The molecule has 0 amide bonds. The van der Waals surface area contributed by atoms with Gasteiger partial charge in [0.25, 0.3) is 0 Å². The quantitative estimate of drug-likeness (QED) is 0.587. The highest BCUT2D eigenvalue weighted by Crippen LogP contribution is 2.18. The Labute approximate surface area is 189 Å². The van der Waals surface area contributed by atoms with E-state index in [1.807, 2.05) is 66.7 Å². The van der Waals surface area contributed by atoms with Gasteiger partial charge in [0.2, 0.25) is 0 Å². The summed E-state index contributed by atoms with van der Waals surface area (Å²) in [4.78, 5) is 4.78. The van der Waals surface area contributed by atoms with Crippen LogP contribution in [0.5, 0.6) is 5.75 Å². The first kappa shape index (κ1) is 21.9. The molecule has 4 nitrogen and oxygen atoms in total. The van der Waals surface area contributed by atoms with Crippen LogP contribution in [0.1, 0.15) is 11.1 Å². The second-order valence-corrected chi connectivity index (χ2v) is 7.85. The third kappa shape index (κ3) is 6.10. The fraction of sp³-hybridized carbons (Fsp3) is 0.259. The van der Waals surface area contributed by atoms with E-state index in [1.54, 1.807) is 7.11 Å². The first-order valence-electron chi connectivity index (χ1n) is 10.9. The lowest BCUT2D eigenvalue weighted by Gasteiger charge is -2.38. The average Bonchev–Trinajstić information content (AvgIpc) is 2.85. The Kier molecular flexibility index (Phi) is 7.39. The molecule has 164 valence electrons. The number of nitrogens with one attached hydrogen (secondary N) is 1. The van der Waals surface area contributed by atoms with Crippen LogP contribution in [0.4, 0.5) is 10.1 Å². The fourth-order valence-corrected chi connectivity index (χ4v) is 3.76. The number of benzene rings is 3. The van der Waals surface area contributed by atoms with Crippen molar-refractivity contribution < 1.29 is 9.13 Å². The number of ether oxygens (including phenoxy) is 1. The topological polar surface area (TPSA) is 27.7 Å². The number of methoxy groups -OCH3 is 1. The molecule has 1 aliphatic rings. The minimum Gasteiger partial charge on any atom is -0.497 e. The molecule has 0 radical (unpaired) electrons. The number of halogens is 1. The zero-order valence-electron chi connectivity index (χ0n) is 18.3. The molecule has 4 rings (SSSR count). The maximum Gasteiger partial charge on any atom is 0.144 e. The Hall–Kier alpha value is -3.33. The van der Waals surface area contributed by atoms with E-state index in [4.69, 9.17) is 4.74 Å². The highest BCUT2D eigenvalue weighted by Gasteiger charge is 2.23. The first-order valence-corrected chi connectivity index (χ1v) is 10.9. The Balaban J connectivity index is 1.43. The first-order chi connectivity index (χ1) is 15.7. The molecule has 0 aromatic heterocycles. The Bertz CT molecular complexity index is 1030. The molecule has 0 spiro atoms. The van der Waals surface area contributed by atoms with Crippen LogP contribution in [0.3, 0.4) is 0 Å². The summed E-state index contributed by atoms with van der Waals surface area (Å²) in [7, 11) is 1.67. The van der Waals surface area contributed by atoms with Gasteiger partial charge in [0, 0.05) is 44.0 Å². The number of hydrogen-bond acceptors (Lipinski definition) is 4. The summed E-state index contributed by atoms with van der Waals surface area (Å²) in [6.45, 7) is 4.51. The lowest BCUT2D eigenvalue weighted by molar-refractivity contribution is 0.117. The second kappa shape index (κ2) is 10.8. The van der Waals surface area contributed by atoms with Gasteiger partial charge in [-0.05, 0) is 54.1 Å². The van der Waals surface area contributed by atoms with E-state index < -0.39 is 0 Å². The van der Waals surface area contributed by atoms with Gasteiger partial charge in [-0.25, -0.2) is 4.39 Å². The summed E-state index contributed by atoms with van der Waals surface area (Å²) in [5.41, 5.74) is 3.15. The third-order valence-electron chi connectivity index (χ3n) is 5.61. The highest BCUT2D eigenvalue weighted by atomic mass is 19.1. The molecule has 32 heavy (non-hydrogen) atoms. The van der Waals surface area contributed by atoms with E-state index in [-0.39, 0.29) is 12.0 Å². The molecule has 1 saturated heterocycles. The van der Waals surface area contributed by atoms with Crippen molar-refractivity contribution in [2.75, 3.05) is 38.6 Å². The molecule has 1 atom stereocenters. The van der Waals surface area contributed by atoms with Crippen molar-refractivity contribution >= 4 is 5.69 Å². The molecular weight excluding hydrogens is 401 g/mol. The number of nitrogens with zero attached hydrogens (tertiary/aromatic N) is 2. The van der Waals surface area contributed by atoms with Crippen LogP contribution in [0, 0.1) is 17.7 Å². The minimum absolute atomic E-state index is 0.100. The lowest BCUT2D eigenvalue weighted by Crippen LogP contribution is -2.51. The van der Waals surface area contributed by atoms with E-state index in [0.29, 0.717) is 0 Å². The monoisotopic (exact) mass is 429 g/mol. The van der Waals surface area contributed by atoms with Gasteiger partial charge in [-0.1, -0.05) is 42.2 Å². The van der Waals surface area contributed by atoms with Gasteiger partial charge >= 0.3 is 0 Å². The number of rotatable bonds is 6. The summed E-state index contributed by atoms with van der Waals surface area (Å²) in [5, 5.41) is 3.58.